The highest BCUT2D eigenvalue weighted by atomic mass is 19.1. The Morgan fingerprint density at radius 2 is 1.96 bits per heavy atom. The molecule has 1 aliphatic rings. The number of carbonyl (C=O) groups excluding carboxylic acids is 2. The molecule has 0 radical (unpaired) electrons. The number of hydrogen-bond acceptors (Lipinski definition) is 4. The van der Waals surface area contributed by atoms with Gasteiger partial charge in [0.15, 0.2) is 5.78 Å². The average Bonchev–Trinajstić information content (AvgIpc) is 3.00. The molecule has 0 aromatic heterocycles. The number of carbonyl (C=O) groups is 2. The highest BCUT2D eigenvalue weighted by Crippen LogP contribution is 2.25. The number of Topliss-reactive ketones (excluding diaryl/α,β-unsaturated/α-hetero) is 1. The number of β-amino-alcohol motifs (C(OH)–C–C–N with tert-alkyl or cyclic N) is 1. The number of halogens is 1. The molecule has 130 valence electrons. The topological polar surface area (TPSA) is 78.4 Å². The van der Waals surface area contributed by atoms with E-state index >= 15 is 0 Å². The molecule has 2 atom stereocenters. The molecule has 5 nitrogen and oxygen atoms in total. The van der Waals surface area contributed by atoms with Gasteiger partial charge in [-0.05, 0) is 42.8 Å². The molecule has 0 saturated carbocycles. The zero-order chi connectivity index (χ0) is 18.0. The van der Waals surface area contributed by atoms with Crippen molar-refractivity contribution in [2.24, 2.45) is 0 Å². The van der Waals surface area contributed by atoms with Gasteiger partial charge in [0.05, 0.1) is 12.1 Å². The quantitative estimate of drug-likeness (QED) is 0.740. The molecule has 3 N–H and O–H groups in total. The summed E-state index contributed by atoms with van der Waals surface area (Å²) in [6, 6.07) is 10.4. The van der Waals surface area contributed by atoms with Crippen LogP contribution in [0.3, 0.4) is 0 Å². The first-order valence-corrected chi connectivity index (χ1v) is 8.06. The highest BCUT2D eigenvalue weighted by molar-refractivity contribution is 5.97. The predicted molar refractivity (Wildman–Crippen MR) is 92.0 cm³/mol. The fourth-order valence-corrected chi connectivity index (χ4v) is 2.86. The van der Waals surface area contributed by atoms with Gasteiger partial charge in [-0.25, -0.2) is 4.39 Å². The van der Waals surface area contributed by atoms with Crippen LogP contribution in [0.25, 0.3) is 11.1 Å². The molecule has 1 heterocycles. The molecular weight excluding hydrogens is 323 g/mol. The SMILES string of the molecule is CC(=O)c1ccc(F)c(-c2cccc(C(=O)N[C@@H]3CNC[C@H]3O)c2)c1. The van der Waals surface area contributed by atoms with E-state index in [0.29, 0.717) is 29.8 Å². The summed E-state index contributed by atoms with van der Waals surface area (Å²) in [4.78, 5) is 23.9. The van der Waals surface area contributed by atoms with E-state index in [1.54, 1.807) is 24.3 Å². The maximum atomic E-state index is 14.2. The average molecular weight is 342 g/mol. The van der Waals surface area contributed by atoms with E-state index in [1.807, 2.05) is 0 Å². The minimum absolute atomic E-state index is 0.155. The number of aliphatic hydroxyl groups excluding tert-OH is 1. The van der Waals surface area contributed by atoms with Gasteiger partial charge in [-0.1, -0.05) is 12.1 Å². The summed E-state index contributed by atoms with van der Waals surface area (Å²) in [5.41, 5.74) is 1.55. The van der Waals surface area contributed by atoms with E-state index < -0.39 is 11.9 Å². The van der Waals surface area contributed by atoms with Crippen molar-refractivity contribution in [3.05, 3.63) is 59.4 Å². The van der Waals surface area contributed by atoms with Gasteiger partial charge in [0.1, 0.15) is 5.82 Å². The van der Waals surface area contributed by atoms with E-state index in [-0.39, 0.29) is 23.3 Å². The van der Waals surface area contributed by atoms with Crippen LogP contribution in [-0.4, -0.2) is 42.0 Å². The lowest BCUT2D eigenvalue weighted by Crippen LogP contribution is -2.42. The summed E-state index contributed by atoms with van der Waals surface area (Å²) >= 11 is 0. The zero-order valence-corrected chi connectivity index (χ0v) is 13.8. The lowest BCUT2D eigenvalue weighted by atomic mass is 9.99. The number of nitrogens with one attached hydrogen (secondary N) is 2. The van der Waals surface area contributed by atoms with E-state index in [9.17, 15) is 19.1 Å². The summed E-state index contributed by atoms with van der Waals surface area (Å²) in [5, 5.41) is 15.5. The van der Waals surface area contributed by atoms with Crippen molar-refractivity contribution >= 4 is 11.7 Å². The monoisotopic (exact) mass is 342 g/mol. The Morgan fingerprint density at radius 3 is 2.64 bits per heavy atom. The van der Waals surface area contributed by atoms with Gasteiger partial charge in [-0.15, -0.1) is 0 Å². The largest absolute Gasteiger partial charge is 0.390 e. The van der Waals surface area contributed by atoms with Crippen LogP contribution in [0.4, 0.5) is 4.39 Å². The lowest BCUT2D eigenvalue weighted by Gasteiger charge is -2.16. The Bertz CT molecular complexity index is 822. The van der Waals surface area contributed by atoms with Crippen LogP contribution in [0.2, 0.25) is 0 Å². The first kappa shape index (κ1) is 17.3. The third kappa shape index (κ3) is 3.75. The second-order valence-corrected chi connectivity index (χ2v) is 6.14. The number of rotatable bonds is 4. The summed E-state index contributed by atoms with van der Waals surface area (Å²) in [7, 11) is 0. The molecule has 2 aromatic carbocycles. The van der Waals surface area contributed by atoms with E-state index in [1.165, 1.54) is 25.1 Å². The third-order valence-corrected chi connectivity index (χ3v) is 4.31. The molecule has 0 spiro atoms. The van der Waals surface area contributed by atoms with Gasteiger partial charge in [0, 0.05) is 29.8 Å². The van der Waals surface area contributed by atoms with Crippen LogP contribution < -0.4 is 10.6 Å². The van der Waals surface area contributed by atoms with Crippen LogP contribution >= 0.6 is 0 Å². The van der Waals surface area contributed by atoms with E-state index in [0.717, 1.165) is 0 Å². The molecule has 3 rings (SSSR count). The number of aliphatic hydroxyl groups is 1. The lowest BCUT2D eigenvalue weighted by molar-refractivity contribution is 0.0888. The molecule has 6 heteroatoms. The predicted octanol–water partition coefficient (Wildman–Crippen LogP) is 1.76. The van der Waals surface area contributed by atoms with Crippen LogP contribution in [-0.2, 0) is 0 Å². The summed E-state index contributed by atoms with van der Waals surface area (Å²) in [5.74, 6) is -0.950. The summed E-state index contributed by atoms with van der Waals surface area (Å²) in [6.07, 6.45) is -0.628. The minimum atomic E-state index is -0.628. The standard InChI is InChI=1S/C19H19FN2O3/c1-11(23)12-5-6-16(20)15(8-12)13-3-2-4-14(7-13)19(25)22-17-9-21-10-18(17)24/h2-8,17-18,21,24H,9-10H2,1H3,(H,22,25)/t17-,18-/m1/s1. The van der Waals surface area contributed by atoms with E-state index in [4.69, 9.17) is 0 Å². The first-order chi connectivity index (χ1) is 12.0. The minimum Gasteiger partial charge on any atom is -0.390 e. The molecule has 2 aromatic rings. The number of hydrogen-bond donors (Lipinski definition) is 3. The Kier molecular flexibility index (Phi) is 4.92. The second kappa shape index (κ2) is 7.13. The van der Waals surface area contributed by atoms with Crippen molar-refractivity contribution in [3.63, 3.8) is 0 Å². The van der Waals surface area contributed by atoms with Gasteiger partial charge in [-0.3, -0.25) is 9.59 Å². The molecular formula is C19H19FN2O3. The van der Waals surface area contributed by atoms with Crippen LogP contribution in [0.5, 0.6) is 0 Å². The van der Waals surface area contributed by atoms with Gasteiger partial charge < -0.3 is 15.7 Å². The Balaban J connectivity index is 1.88. The normalized spacial score (nSPS) is 19.6. The van der Waals surface area contributed by atoms with Gasteiger partial charge in [-0.2, -0.15) is 0 Å². The molecule has 25 heavy (non-hydrogen) atoms. The molecule has 0 unspecified atom stereocenters. The Hall–Kier alpha value is -2.57. The summed E-state index contributed by atoms with van der Waals surface area (Å²) in [6.45, 7) is 2.36. The third-order valence-electron chi connectivity index (χ3n) is 4.31. The van der Waals surface area contributed by atoms with Gasteiger partial charge in [0.25, 0.3) is 5.91 Å². The molecule has 1 saturated heterocycles. The van der Waals surface area contributed by atoms with Gasteiger partial charge in [0.2, 0.25) is 0 Å². The molecule has 1 amide bonds. The van der Waals surface area contributed by atoms with Crippen molar-refractivity contribution in [2.75, 3.05) is 13.1 Å². The van der Waals surface area contributed by atoms with Crippen LogP contribution in [0.15, 0.2) is 42.5 Å². The Labute approximate surface area is 144 Å². The number of benzene rings is 2. The van der Waals surface area contributed by atoms with Crippen molar-refractivity contribution in [3.8, 4) is 11.1 Å². The zero-order valence-electron chi connectivity index (χ0n) is 13.8. The fraction of sp³-hybridized carbons (Fsp3) is 0.263. The van der Waals surface area contributed by atoms with Crippen molar-refractivity contribution in [1.29, 1.82) is 0 Å². The Morgan fingerprint density at radius 1 is 1.16 bits per heavy atom. The number of ketones is 1. The maximum absolute atomic E-state index is 14.2. The smallest absolute Gasteiger partial charge is 0.251 e. The number of amides is 1. The van der Waals surface area contributed by atoms with Crippen molar-refractivity contribution in [2.45, 2.75) is 19.1 Å². The fourth-order valence-electron chi connectivity index (χ4n) is 2.86. The van der Waals surface area contributed by atoms with Gasteiger partial charge >= 0.3 is 0 Å². The highest BCUT2D eigenvalue weighted by Gasteiger charge is 2.26. The maximum Gasteiger partial charge on any atom is 0.251 e. The van der Waals surface area contributed by atoms with Crippen LogP contribution in [0.1, 0.15) is 27.6 Å². The van der Waals surface area contributed by atoms with Crippen molar-refractivity contribution in [1.82, 2.24) is 10.6 Å². The molecule has 0 aliphatic carbocycles. The first-order valence-electron chi connectivity index (χ1n) is 8.06. The molecule has 1 fully saturated rings. The second-order valence-electron chi connectivity index (χ2n) is 6.14. The van der Waals surface area contributed by atoms with E-state index in [2.05, 4.69) is 10.6 Å². The molecule has 1 aliphatic heterocycles. The van der Waals surface area contributed by atoms with Crippen molar-refractivity contribution < 1.29 is 19.1 Å². The van der Waals surface area contributed by atoms with Crippen LogP contribution in [0, 0.1) is 5.82 Å². The molecule has 0 bridgehead atoms. The summed E-state index contributed by atoms with van der Waals surface area (Å²) < 4.78 is 14.2.